The van der Waals surface area contributed by atoms with Crippen LogP contribution in [0, 0.1) is 0 Å². The summed E-state index contributed by atoms with van der Waals surface area (Å²) in [7, 11) is -3.34. The second-order valence-corrected chi connectivity index (χ2v) is 5.30. The van der Waals surface area contributed by atoms with Gasteiger partial charge in [0.05, 0.1) is 12.9 Å². The molecule has 0 atom stereocenters. The Hall–Kier alpha value is -0.460. The first kappa shape index (κ1) is 11.6. The molecule has 0 aliphatic rings. The Labute approximate surface area is 91.6 Å². The Morgan fingerprint density at radius 2 is 2.29 bits per heavy atom. The molecule has 0 aromatic carbocycles. The highest BCUT2D eigenvalue weighted by atomic mass is 79.9. The van der Waals surface area contributed by atoms with Gasteiger partial charge in [0, 0.05) is 22.8 Å². The van der Waals surface area contributed by atoms with Gasteiger partial charge >= 0.3 is 0 Å². The van der Waals surface area contributed by atoms with Crippen LogP contribution in [-0.4, -0.2) is 26.3 Å². The molecule has 0 N–H and O–H groups in total. The average Bonchev–Trinajstić information content (AvgIpc) is 2.01. The number of halogens is 1. The monoisotopic (exact) mass is 279 g/mol. The molecule has 0 aliphatic carbocycles. The van der Waals surface area contributed by atoms with Crippen molar-refractivity contribution in [2.24, 2.45) is 0 Å². The second-order valence-electron chi connectivity index (χ2n) is 2.74. The Bertz CT molecular complexity index is 405. The summed E-state index contributed by atoms with van der Waals surface area (Å²) in [5.41, 5.74) is 0.794. The van der Waals surface area contributed by atoms with Gasteiger partial charge in [-0.05, 0) is 12.1 Å². The fourth-order valence-corrected chi connectivity index (χ4v) is 1.65. The van der Waals surface area contributed by atoms with Crippen LogP contribution in [0.3, 0.4) is 0 Å². The zero-order valence-electron chi connectivity index (χ0n) is 7.60. The highest BCUT2D eigenvalue weighted by Gasteiger charge is 2.02. The Kier molecular flexibility index (Phi) is 4.03. The standard InChI is InChI=1S/C8H10BrNO3S/c1-14(11,12)13-5-3-8-6-7(9)2-4-10-8/h2,4,6H,3,5H2,1H3. The summed E-state index contributed by atoms with van der Waals surface area (Å²) in [5, 5.41) is 0. The molecule has 4 nitrogen and oxygen atoms in total. The molecule has 0 spiro atoms. The largest absolute Gasteiger partial charge is 0.270 e. The van der Waals surface area contributed by atoms with E-state index in [1.54, 1.807) is 12.3 Å². The lowest BCUT2D eigenvalue weighted by molar-refractivity contribution is 0.324. The number of aromatic nitrogens is 1. The summed E-state index contributed by atoms with van der Waals surface area (Å²) in [6, 6.07) is 3.63. The molecule has 78 valence electrons. The first-order chi connectivity index (χ1) is 6.47. The summed E-state index contributed by atoms with van der Waals surface area (Å²) >= 11 is 3.29. The lowest BCUT2D eigenvalue weighted by Crippen LogP contribution is -2.06. The molecular weight excluding hydrogens is 270 g/mol. The molecule has 14 heavy (non-hydrogen) atoms. The zero-order valence-corrected chi connectivity index (χ0v) is 10.0. The lowest BCUT2D eigenvalue weighted by Gasteiger charge is -2.01. The van der Waals surface area contributed by atoms with Gasteiger partial charge in [-0.25, -0.2) is 0 Å². The van der Waals surface area contributed by atoms with Crippen LogP contribution in [-0.2, 0) is 20.7 Å². The van der Waals surface area contributed by atoms with Gasteiger partial charge in [0.25, 0.3) is 10.1 Å². The predicted octanol–water partition coefficient (Wildman–Crippen LogP) is 1.36. The van der Waals surface area contributed by atoms with Gasteiger partial charge in [-0.3, -0.25) is 9.17 Å². The van der Waals surface area contributed by atoms with Gasteiger partial charge in [-0.1, -0.05) is 15.9 Å². The maximum Gasteiger partial charge on any atom is 0.264 e. The first-order valence-corrected chi connectivity index (χ1v) is 6.53. The molecule has 0 saturated heterocycles. The van der Waals surface area contributed by atoms with Gasteiger partial charge in [0.15, 0.2) is 0 Å². The number of nitrogens with zero attached hydrogens (tertiary/aromatic N) is 1. The molecule has 1 aromatic rings. The normalized spacial score (nSPS) is 11.6. The lowest BCUT2D eigenvalue weighted by atomic mass is 10.3. The minimum atomic E-state index is -3.34. The van der Waals surface area contributed by atoms with Gasteiger partial charge in [0.2, 0.25) is 0 Å². The van der Waals surface area contributed by atoms with Gasteiger partial charge in [0.1, 0.15) is 0 Å². The van der Waals surface area contributed by atoms with Crippen LogP contribution in [0.25, 0.3) is 0 Å². The molecule has 1 rings (SSSR count). The van der Waals surface area contributed by atoms with Crippen LogP contribution >= 0.6 is 15.9 Å². The van der Waals surface area contributed by atoms with E-state index in [0.29, 0.717) is 6.42 Å². The van der Waals surface area contributed by atoms with Crippen LogP contribution in [0.1, 0.15) is 5.69 Å². The third kappa shape index (κ3) is 4.69. The summed E-state index contributed by atoms with van der Waals surface area (Å²) in [6.07, 6.45) is 3.16. The van der Waals surface area contributed by atoms with Crippen LogP contribution in [0.15, 0.2) is 22.8 Å². The van der Waals surface area contributed by atoms with Crippen molar-refractivity contribution in [3.05, 3.63) is 28.5 Å². The molecular formula is C8H10BrNO3S. The fourth-order valence-electron chi connectivity index (χ4n) is 0.883. The van der Waals surface area contributed by atoms with Crippen molar-refractivity contribution in [3.8, 4) is 0 Å². The average molecular weight is 280 g/mol. The molecule has 0 radical (unpaired) electrons. The van der Waals surface area contributed by atoms with Crippen molar-refractivity contribution < 1.29 is 12.6 Å². The maximum atomic E-state index is 10.6. The Morgan fingerprint density at radius 1 is 1.57 bits per heavy atom. The van der Waals surface area contributed by atoms with Crippen molar-refractivity contribution in [1.82, 2.24) is 4.98 Å². The van der Waals surface area contributed by atoms with Crippen molar-refractivity contribution in [1.29, 1.82) is 0 Å². The number of rotatable bonds is 4. The van der Waals surface area contributed by atoms with E-state index in [-0.39, 0.29) is 6.61 Å². The van der Waals surface area contributed by atoms with E-state index < -0.39 is 10.1 Å². The van der Waals surface area contributed by atoms with Crippen LogP contribution in [0.4, 0.5) is 0 Å². The SMILES string of the molecule is CS(=O)(=O)OCCc1cc(Br)ccn1. The quantitative estimate of drug-likeness (QED) is 0.781. The van der Waals surface area contributed by atoms with Gasteiger partial charge < -0.3 is 0 Å². The minimum Gasteiger partial charge on any atom is -0.270 e. The van der Waals surface area contributed by atoms with E-state index in [1.807, 2.05) is 6.07 Å². The van der Waals surface area contributed by atoms with E-state index in [2.05, 4.69) is 25.1 Å². The highest BCUT2D eigenvalue weighted by molar-refractivity contribution is 9.10. The van der Waals surface area contributed by atoms with Crippen molar-refractivity contribution in [2.75, 3.05) is 12.9 Å². The van der Waals surface area contributed by atoms with Crippen LogP contribution in [0.2, 0.25) is 0 Å². The predicted molar refractivity (Wildman–Crippen MR) is 56.4 cm³/mol. The summed E-state index contributed by atoms with van der Waals surface area (Å²) in [4.78, 5) is 4.05. The zero-order chi connectivity index (χ0) is 10.6. The molecule has 1 aromatic heterocycles. The third-order valence-corrected chi connectivity index (χ3v) is 2.52. The van der Waals surface area contributed by atoms with Gasteiger partial charge in [-0.2, -0.15) is 8.42 Å². The van der Waals surface area contributed by atoms with Gasteiger partial charge in [-0.15, -0.1) is 0 Å². The summed E-state index contributed by atoms with van der Waals surface area (Å²) in [6.45, 7) is 0.127. The summed E-state index contributed by atoms with van der Waals surface area (Å²) in [5.74, 6) is 0. The minimum absolute atomic E-state index is 0.127. The molecule has 1 heterocycles. The smallest absolute Gasteiger partial charge is 0.264 e. The van der Waals surface area contributed by atoms with Crippen LogP contribution in [0.5, 0.6) is 0 Å². The number of hydrogen-bond acceptors (Lipinski definition) is 4. The molecule has 0 unspecified atom stereocenters. The molecule has 0 aliphatic heterocycles. The molecule has 0 saturated carbocycles. The number of pyridine rings is 1. The topological polar surface area (TPSA) is 56.3 Å². The van der Waals surface area contributed by atoms with Crippen molar-refractivity contribution in [3.63, 3.8) is 0 Å². The molecule has 0 fully saturated rings. The molecule has 6 heteroatoms. The van der Waals surface area contributed by atoms with E-state index in [4.69, 9.17) is 0 Å². The highest BCUT2D eigenvalue weighted by Crippen LogP contribution is 2.09. The second kappa shape index (κ2) is 4.86. The summed E-state index contributed by atoms with van der Waals surface area (Å²) < 4.78 is 26.8. The first-order valence-electron chi connectivity index (χ1n) is 3.92. The Morgan fingerprint density at radius 3 is 2.86 bits per heavy atom. The van der Waals surface area contributed by atoms with E-state index in [1.165, 1.54) is 0 Å². The number of hydrogen-bond donors (Lipinski definition) is 0. The molecule has 0 amide bonds. The third-order valence-electron chi connectivity index (χ3n) is 1.43. The maximum absolute atomic E-state index is 10.6. The van der Waals surface area contributed by atoms with E-state index in [0.717, 1.165) is 16.4 Å². The Balaban J connectivity index is 2.47. The molecule has 0 bridgehead atoms. The van der Waals surface area contributed by atoms with Crippen LogP contribution < -0.4 is 0 Å². The van der Waals surface area contributed by atoms with Crippen molar-refractivity contribution in [2.45, 2.75) is 6.42 Å². The van der Waals surface area contributed by atoms with E-state index >= 15 is 0 Å². The van der Waals surface area contributed by atoms with E-state index in [9.17, 15) is 8.42 Å². The van der Waals surface area contributed by atoms with Crippen molar-refractivity contribution >= 4 is 26.0 Å². The fraction of sp³-hybridized carbons (Fsp3) is 0.375.